The molecule has 0 spiro atoms. The molecule has 0 N–H and O–H groups in total. The summed E-state index contributed by atoms with van der Waals surface area (Å²) in [5, 5.41) is 0. The van der Waals surface area contributed by atoms with Gasteiger partial charge in [-0.2, -0.15) is 0 Å². The molecule has 2 aromatic rings. The zero-order valence-electron chi connectivity index (χ0n) is 11.7. The fourth-order valence-electron chi connectivity index (χ4n) is 2.74. The Balaban J connectivity index is 1.73. The summed E-state index contributed by atoms with van der Waals surface area (Å²) in [6.45, 7) is 2.78. The van der Waals surface area contributed by atoms with E-state index in [9.17, 15) is 0 Å². The lowest BCUT2D eigenvalue weighted by atomic mass is 10.1. The Bertz CT molecular complexity index is 464. The average molecular weight is 267 g/mol. The minimum Gasteiger partial charge on any atom is -0.363 e. The van der Waals surface area contributed by atoms with Gasteiger partial charge in [-0.05, 0) is 24.0 Å². The Morgan fingerprint density at radius 3 is 1.85 bits per heavy atom. The summed E-state index contributed by atoms with van der Waals surface area (Å²) in [6, 6.07) is 21.3. The summed E-state index contributed by atoms with van der Waals surface area (Å²) in [4.78, 5) is 2.44. The molecule has 2 heteroatoms. The average Bonchev–Trinajstić information content (AvgIpc) is 3.03. The van der Waals surface area contributed by atoms with Gasteiger partial charge in [0, 0.05) is 19.7 Å². The van der Waals surface area contributed by atoms with Crippen molar-refractivity contribution in [3.05, 3.63) is 71.8 Å². The van der Waals surface area contributed by atoms with Crippen molar-refractivity contribution in [2.24, 2.45) is 0 Å². The Morgan fingerprint density at radius 1 is 0.850 bits per heavy atom. The number of nitrogens with zero attached hydrogens (tertiary/aromatic N) is 1. The minimum atomic E-state index is 0.260. The second kappa shape index (κ2) is 6.69. The van der Waals surface area contributed by atoms with E-state index in [0.29, 0.717) is 0 Å². The number of benzene rings is 2. The summed E-state index contributed by atoms with van der Waals surface area (Å²) in [5.41, 5.74) is 2.69. The molecule has 104 valence electrons. The summed E-state index contributed by atoms with van der Waals surface area (Å²) >= 11 is 0. The SMILES string of the molecule is c1ccc(CN(Cc2ccccc2)C2CCCO2)cc1. The lowest BCUT2D eigenvalue weighted by molar-refractivity contribution is -0.0299. The van der Waals surface area contributed by atoms with Crippen molar-refractivity contribution in [1.29, 1.82) is 0 Å². The zero-order chi connectivity index (χ0) is 13.6. The van der Waals surface area contributed by atoms with Crippen LogP contribution in [0.4, 0.5) is 0 Å². The van der Waals surface area contributed by atoms with Crippen LogP contribution in [0.2, 0.25) is 0 Å². The number of ether oxygens (including phenoxy) is 1. The molecule has 1 aliphatic rings. The summed E-state index contributed by atoms with van der Waals surface area (Å²) < 4.78 is 5.89. The number of rotatable bonds is 5. The van der Waals surface area contributed by atoms with Gasteiger partial charge in [-0.1, -0.05) is 60.7 Å². The monoisotopic (exact) mass is 267 g/mol. The lowest BCUT2D eigenvalue weighted by Gasteiger charge is -2.28. The molecule has 1 saturated heterocycles. The minimum absolute atomic E-state index is 0.260. The largest absolute Gasteiger partial charge is 0.363 e. The molecule has 0 amide bonds. The molecule has 1 atom stereocenters. The van der Waals surface area contributed by atoms with Crippen LogP contribution in [0.5, 0.6) is 0 Å². The second-order valence-corrected chi connectivity index (χ2v) is 5.34. The summed E-state index contributed by atoms with van der Waals surface area (Å²) in [7, 11) is 0. The molecule has 3 rings (SSSR count). The Morgan fingerprint density at radius 2 is 1.40 bits per heavy atom. The summed E-state index contributed by atoms with van der Waals surface area (Å²) in [6.07, 6.45) is 2.57. The molecule has 20 heavy (non-hydrogen) atoms. The van der Waals surface area contributed by atoms with E-state index in [1.165, 1.54) is 17.5 Å². The third-order valence-electron chi connectivity index (χ3n) is 3.77. The molecule has 1 fully saturated rings. The third kappa shape index (κ3) is 3.47. The molecular formula is C18H21NO. The van der Waals surface area contributed by atoms with Crippen LogP contribution in [-0.4, -0.2) is 17.7 Å². The van der Waals surface area contributed by atoms with Crippen LogP contribution in [0.15, 0.2) is 60.7 Å². The molecular weight excluding hydrogens is 246 g/mol. The maximum Gasteiger partial charge on any atom is 0.111 e. The van der Waals surface area contributed by atoms with Gasteiger partial charge in [0.2, 0.25) is 0 Å². The number of hydrogen-bond acceptors (Lipinski definition) is 2. The third-order valence-corrected chi connectivity index (χ3v) is 3.77. The van der Waals surface area contributed by atoms with Crippen LogP contribution in [0.25, 0.3) is 0 Å². The van der Waals surface area contributed by atoms with Crippen molar-refractivity contribution in [2.45, 2.75) is 32.2 Å². The molecule has 0 bridgehead atoms. The molecule has 2 nitrogen and oxygen atoms in total. The molecule has 2 aromatic carbocycles. The van der Waals surface area contributed by atoms with Crippen LogP contribution in [-0.2, 0) is 17.8 Å². The highest BCUT2D eigenvalue weighted by atomic mass is 16.5. The first-order chi connectivity index (χ1) is 9.92. The van der Waals surface area contributed by atoms with Gasteiger partial charge in [0.05, 0.1) is 0 Å². The van der Waals surface area contributed by atoms with E-state index in [4.69, 9.17) is 4.74 Å². The van der Waals surface area contributed by atoms with Crippen molar-refractivity contribution >= 4 is 0 Å². The van der Waals surface area contributed by atoms with Gasteiger partial charge >= 0.3 is 0 Å². The van der Waals surface area contributed by atoms with Gasteiger partial charge in [-0.3, -0.25) is 4.90 Å². The maximum absolute atomic E-state index is 5.89. The smallest absolute Gasteiger partial charge is 0.111 e. The van der Waals surface area contributed by atoms with Gasteiger partial charge in [0.1, 0.15) is 6.23 Å². The quantitative estimate of drug-likeness (QED) is 0.816. The van der Waals surface area contributed by atoms with Crippen molar-refractivity contribution in [3.63, 3.8) is 0 Å². The normalized spacial score (nSPS) is 18.6. The first-order valence-corrected chi connectivity index (χ1v) is 7.35. The number of hydrogen-bond donors (Lipinski definition) is 0. The Labute approximate surface area is 121 Å². The van der Waals surface area contributed by atoms with E-state index in [1.807, 2.05) is 0 Å². The van der Waals surface area contributed by atoms with Gasteiger partial charge < -0.3 is 4.74 Å². The van der Waals surface area contributed by atoms with Crippen LogP contribution in [0, 0.1) is 0 Å². The summed E-state index contributed by atoms with van der Waals surface area (Å²) in [5.74, 6) is 0. The fourth-order valence-corrected chi connectivity index (χ4v) is 2.74. The van der Waals surface area contributed by atoms with Gasteiger partial charge in [-0.15, -0.1) is 0 Å². The van der Waals surface area contributed by atoms with E-state index >= 15 is 0 Å². The van der Waals surface area contributed by atoms with E-state index in [0.717, 1.165) is 26.1 Å². The van der Waals surface area contributed by atoms with Crippen molar-refractivity contribution in [3.8, 4) is 0 Å². The van der Waals surface area contributed by atoms with Crippen LogP contribution < -0.4 is 0 Å². The van der Waals surface area contributed by atoms with Crippen molar-refractivity contribution in [1.82, 2.24) is 4.90 Å². The van der Waals surface area contributed by atoms with E-state index < -0.39 is 0 Å². The second-order valence-electron chi connectivity index (χ2n) is 5.34. The standard InChI is InChI=1S/C18H21NO/c1-3-8-16(9-4-1)14-19(18-12-7-13-20-18)15-17-10-5-2-6-11-17/h1-6,8-11,18H,7,12-15H2. The van der Waals surface area contributed by atoms with Gasteiger partial charge in [-0.25, -0.2) is 0 Å². The zero-order valence-corrected chi connectivity index (χ0v) is 11.7. The fraction of sp³-hybridized carbons (Fsp3) is 0.333. The molecule has 0 saturated carbocycles. The van der Waals surface area contributed by atoms with Crippen LogP contribution in [0.1, 0.15) is 24.0 Å². The highest BCUT2D eigenvalue weighted by molar-refractivity contribution is 5.17. The van der Waals surface area contributed by atoms with Crippen molar-refractivity contribution in [2.75, 3.05) is 6.61 Å². The van der Waals surface area contributed by atoms with E-state index in [1.54, 1.807) is 0 Å². The predicted octanol–water partition coefficient (Wildman–Crippen LogP) is 3.83. The molecule has 0 radical (unpaired) electrons. The van der Waals surface area contributed by atoms with E-state index in [-0.39, 0.29) is 6.23 Å². The predicted molar refractivity (Wildman–Crippen MR) is 81.1 cm³/mol. The van der Waals surface area contributed by atoms with E-state index in [2.05, 4.69) is 65.6 Å². The first-order valence-electron chi connectivity index (χ1n) is 7.35. The Hall–Kier alpha value is -1.64. The molecule has 1 heterocycles. The van der Waals surface area contributed by atoms with Gasteiger partial charge in [0.25, 0.3) is 0 Å². The van der Waals surface area contributed by atoms with Crippen LogP contribution >= 0.6 is 0 Å². The maximum atomic E-state index is 5.89. The van der Waals surface area contributed by atoms with Crippen LogP contribution in [0.3, 0.4) is 0 Å². The highest BCUT2D eigenvalue weighted by Crippen LogP contribution is 2.21. The Kier molecular flexibility index (Phi) is 4.46. The van der Waals surface area contributed by atoms with Gasteiger partial charge in [0.15, 0.2) is 0 Å². The topological polar surface area (TPSA) is 12.5 Å². The lowest BCUT2D eigenvalue weighted by Crippen LogP contribution is -2.33. The molecule has 0 aromatic heterocycles. The molecule has 0 aliphatic carbocycles. The molecule has 1 aliphatic heterocycles. The first kappa shape index (κ1) is 13.3. The highest BCUT2D eigenvalue weighted by Gasteiger charge is 2.23. The molecule has 1 unspecified atom stereocenters. The van der Waals surface area contributed by atoms with Crippen molar-refractivity contribution < 1.29 is 4.74 Å².